The lowest BCUT2D eigenvalue weighted by Crippen LogP contribution is -2.36. The maximum Gasteiger partial charge on any atom is 0.241 e. The quantitative estimate of drug-likeness (QED) is 0.867. The van der Waals surface area contributed by atoms with Gasteiger partial charge >= 0.3 is 0 Å². The lowest BCUT2D eigenvalue weighted by Gasteiger charge is -2.23. The zero-order valence-corrected chi connectivity index (χ0v) is 12.9. The van der Waals surface area contributed by atoms with Crippen LogP contribution >= 0.6 is 11.3 Å². The summed E-state index contributed by atoms with van der Waals surface area (Å²) in [5.41, 5.74) is 2.59. The number of carbonyl (C=O) groups is 1. The van der Waals surface area contributed by atoms with Crippen LogP contribution in [-0.4, -0.2) is 23.0 Å². The van der Waals surface area contributed by atoms with Gasteiger partial charge in [-0.1, -0.05) is 26.7 Å². The standard InChI is InChI=1S/C15H24N2OS/c1-4-6-13-15(18)17(14(16-13)7-5-2)8-12-10-19-9-11(12)3/h9-10,13-14,16H,4-8H2,1-3H3. The highest BCUT2D eigenvalue weighted by atomic mass is 32.1. The van der Waals surface area contributed by atoms with E-state index in [0.29, 0.717) is 0 Å². The molecular formula is C15H24N2OS. The van der Waals surface area contributed by atoms with Crippen molar-refractivity contribution in [2.75, 3.05) is 0 Å². The second-order valence-corrected chi connectivity index (χ2v) is 6.10. The topological polar surface area (TPSA) is 32.3 Å². The van der Waals surface area contributed by atoms with Crippen molar-refractivity contribution < 1.29 is 4.79 Å². The van der Waals surface area contributed by atoms with E-state index in [1.807, 2.05) is 4.90 Å². The van der Waals surface area contributed by atoms with E-state index in [9.17, 15) is 4.79 Å². The Morgan fingerprint density at radius 2 is 2.00 bits per heavy atom. The summed E-state index contributed by atoms with van der Waals surface area (Å²) < 4.78 is 0. The summed E-state index contributed by atoms with van der Waals surface area (Å²) in [6.07, 6.45) is 4.34. The molecule has 1 N–H and O–H groups in total. The molecule has 2 heterocycles. The number of nitrogens with one attached hydrogen (secondary N) is 1. The van der Waals surface area contributed by atoms with E-state index in [1.54, 1.807) is 11.3 Å². The van der Waals surface area contributed by atoms with Gasteiger partial charge in [-0.3, -0.25) is 10.1 Å². The molecule has 0 aliphatic carbocycles. The van der Waals surface area contributed by atoms with Crippen LogP contribution in [0.5, 0.6) is 0 Å². The highest BCUT2D eigenvalue weighted by Crippen LogP contribution is 2.23. The van der Waals surface area contributed by atoms with Crippen LogP contribution in [0, 0.1) is 6.92 Å². The van der Waals surface area contributed by atoms with Crippen molar-refractivity contribution in [2.45, 2.75) is 65.2 Å². The Morgan fingerprint density at radius 3 is 2.58 bits per heavy atom. The van der Waals surface area contributed by atoms with Gasteiger partial charge < -0.3 is 4.90 Å². The molecule has 0 aromatic carbocycles. The van der Waals surface area contributed by atoms with Gasteiger partial charge in [-0.05, 0) is 41.7 Å². The maximum absolute atomic E-state index is 12.5. The molecule has 1 saturated heterocycles. The summed E-state index contributed by atoms with van der Waals surface area (Å²) >= 11 is 1.72. The predicted octanol–water partition coefficient (Wildman–Crippen LogP) is 3.28. The van der Waals surface area contributed by atoms with E-state index >= 15 is 0 Å². The van der Waals surface area contributed by atoms with Gasteiger partial charge in [0.1, 0.15) is 0 Å². The zero-order chi connectivity index (χ0) is 13.8. The Morgan fingerprint density at radius 1 is 1.26 bits per heavy atom. The van der Waals surface area contributed by atoms with Crippen molar-refractivity contribution >= 4 is 17.2 Å². The van der Waals surface area contributed by atoms with Crippen molar-refractivity contribution in [3.05, 3.63) is 21.9 Å². The molecule has 1 aromatic heterocycles. The Hall–Kier alpha value is -0.870. The van der Waals surface area contributed by atoms with Crippen molar-refractivity contribution in [1.29, 1.82) is 0 Å². The van der Waals surface area contributed by atoms with Crippen LogP contribution in [0.3, 0.4) is 0 Å². The summed E-state index contributed by atoms with van der Waals surface area (Å²) in [5.74, 6) is 0.283. The van der Waals surface area contributed by atoms with Crippen LogP contribution in [0.4, 0.5) is 0 Å². The number of nitrogens with zero attached hydrogens (tertiary/aromatic N) is 1. The molecular weight excluding hydrogens is 256 g/mol. The second kappa shape index (κ2) is 6.53. The van der Waals surface area contributed by atoms with Crippen molar-refractivity contribution in [3.63, 3.8) is 0 Å². The molecule has 0 spiro atoms. The number of aryl methyl sites for hydroxylation is 1. The summed E-state index contributed by atoms with van der Waals surface area (Å²) in [6.45, 7) is 7.19. The normalized spacial score (nSPS) is 23.3. The van der Waals surface area contributed by atoms with Gasteiger partial charge in [-0.25, -0.2) is 0 Å². The molecule has 19 heavy (non-hydrogen) atoms. The van der Waals surface area contributed by atoms with Gasteiger partial charge in [-0.15, -0.1) is 0 Å². The molecule has 1 aliphatic heterocycles. The van der Waals surface area contributed by atoms with E-state index < -0.39 is 0 Å². The minimum absolute atomic E-state index is 0.0282. The van der Waals surface area contributed by atoms with Crippen LogP contribution < -0.4 is 5.32 Å². The van der Waals surface area contributed by atoms with E-state index in [1.165, 1.54) is 11.1 Å². The highest BCUT2D eigenvalue weighted by Gasteiger charge is 2.37. The monoisotopic (exact) mass is 280 g/mol. The third kappa shape index (κ3) is 3.18. The van der Waals surface area contributed by atoms with Gasteiger partial charge in [-0.2, -0.15) is 11.3 Å². The largest absolute Gasteiger partial charge is 0.321 e. The molecule has 2 rings (SSSR count). The summed E-state index contributed by atoms with van der Waals surface area (Å²) in [7, 11) is 0. The van der Waals surface area contributed by atoms with Gasteiger partial charge in [0.15, 0.2) is 0 Å². The van der Waals surface area contributed by atoms with Crippen LogP contribution in [0.2, 0.25) is 0 Å². The van der Waals surface area contributed by atoms with E-state index in [2.05, 4.69) is 36.8 Å². The molecule has 4 heteroatoms. The van der Waals surface area contributed by atoms with E-state index in [4.69, 9.17) is 0 Å². The number of hydrogen-bond acceptors (Lipinski definition) is 3. The van der Waals surface area contributed by atoms with E-state index in [-0.39, 0.29) is 18.1 Å². The fraction of sp³-hybridized carbons (Fsp3) is 0.667. The highest BCUT2D eigenvalue weighted by molar-refractivity contribution is 7.08. The predicted molar refractivity (Wildman–Crippen MR) is 80.1 cm³/mol. The minimum Gasteiger partial charge on any atom is -0.321 e. The van der Waals surface area contributed by atoms with Crippen molar-refractivity contribution in [2.24, 2.45) is 0 Å². The Balaban J connectivity index is 2.10. The maximum atomic E-state index is 12.5. The molecule has 1 fully saturated rings. The van der Waals surface area contributed by atoms with Crippen molar-refractivity contribution in [3.8, 4) is 0 Å². The molecule has 2 atom stereocenters. The molecule has 1 aliphatic rings. The average Bonchev–Trinajstić information content (AvgIpc) is 2.90. The van der Waals surface area contributed by atoms with Crippen molar-refractivity contribution in [1.82, 2.24) is 10.2 Å². The third-order valence-electron chi connectivity index (χ3n) is 3.79. The van der Waals surface area contributed by atoms with Gasteiger partial charge in [0.05, 0.1) is 12.2 Å². The first-order valence-corrected chi connectivity index (χ1v) is 8.19. The van der Waals surface area contributed by atoms with Gasteiger partial charge in [0.2, 0.25) is 5.91 Å². The fourth-order valence-corrected chi connectivity index (χ4v) is 3.52. The molecule has 2 unspecified atom stereocenters. The first kappa shape index (κ1) is 14.5. The fourth-order valence-electron chi connectivity index (χ4n) is 2.68. The summed E-state index contributed by atoms with van der Waals surface area (Å²) in [4.78, 5) is 14.5. The van der Waals surface area contributed by atoms with Crippen LogP contribution in [0.25, 0.3) is 0 Å². The van der Waals surface area contributed by atoms with Crippen LogP contribution in [-0.2, 0) is 11.3 Å². The molecule has 0 radical (unpaired) electrons. The number of thiophene rings is 1. The van der Waals surface area contributed by atoms with Gasteiger partial charge in [0, 0.05) is 6.54 Å². The third-order valence-corrected chi connectivity index (χ3v) is 4.70. The summed E-state index contributed by atoms with van der Waals surface area (Å²) in [6, 6.07) is 0.0282. The lowest BCUT2D eigenvalue weighted by atomic mass is 10.1. The number of amides is 1. The first-order valence-electron chi connectivity index (χ1n) is 7.25. The van der Waals surface area contributed by atoms with Crippen LogP contribution in [0.15, 0.2) is 10.8 Å². The molecule has 1 amide bonds. The summed E-state index contributed by atoms with van der Waals surface area (Å²) in [5, 5.41) is 7.82. The number of carbonyl (C=O) groups excluding carboxylic acids is 1. The first-order chi connectivity index (χ1) is 9.17. The Kier molecular flexibility index (Phi) is 4.99. The minimum atomic E-state index is 0.0282. The number of rotatable bonds is 6. The average molecular weight is 280 g/mol. The Bertz CT molecular complexity index is 430. The molecule has 106 valence electrons. The molecule has 3 nitrogen and oxygen atoms in total. The lowest BCUT2D eigenvalue weighted by molar-refractivity contribution is -0.130. The molecule has 1 aromatic rings. The molecule has 0 saturated carbocycles. The molecule has 0 bridgehead atoms. The van der Waals surface area contributed by atoms with Crippen LogP contribution in [0.1, 0.15) is 50.7 Å². The SMILES string of the molecule is CCCC1NC(CCC)N(Cc2cscc2C)C1=O. The smallest absolute Gasteiger partial charge is 0.241 e. The number of hydrogen-bond donors (Lipinski definition) is 1. The van der Waals surface area contributed by atoms with Gasteiger partial charge in [0.25, 0.3) is 0 Å². The van der Waals surface area contributed by atoms with E-state index in [0.717, 1.165) is 32.2 Å². The Labute approximate surface area is 120 Å². The second-order valence-electron chi connectivity index (χ2n) is 5.36. The zero-order valence-electron chi connectivity index (χ0n) is 12.1.